The SMILES string of the molecule is CC(=O)c1ccc(S(=O)(=O)N2CCN(C(=O)CSc3nc4ccccc4n3C)CC2)cc1. The molecule has 0 N–H and O–H groups in total. The van der Waals surface area contributed by atoms with E-state index >= 15 is 0 Å². The Bertz CT molecular complexity index is 1260. The second-order valence-electron chi connectivity index (χ2n) is 7.60. The number of imidazole rings is 1. The highest BCUT2D eigenvalue weighted by atomic mass is 32.2. The van der Waals surface area contributed by atoms with Crippen LogP contribution in [0.15, 0.2) is 58.6 Å². The number of hydrogen-bond acceptors (Lipinski definition) is 6. The Morgan fingerprint density at radius 2 is 1.66 bits per heavy atom. The maximum Gasteiger partial charge on any atom is 0.243 e. The van der Waals surface area contributed by atoms with Gasteiger partial charge in [-0.05, 0) is 31.2 Å². The molecular formula is C22H24N4O4S2. The van der Waals surface area contributed by atoms with Crippen LogP contribution in [0.3, 0.4) is 0 Å². The summed E-state index contributed by atoms with van der Waals surface area (Å²) in [6.07, 6.45) is 0. The maximum absolute atomic E-state index is 12.9. The van der Waals surface area contributed by atoms with Crippen molar-refractivity contribution in [3.8, 4) is 0 Å². The van der Waals surface area contributed by atoms with Gasteiger partial charge in [-0.15, -0.1) is 0 Å². The average molecular weight is 473 g/mol. The molecule has 1 saturated heterocycles. The number of piperazine rings is 1. The lowest BCUT2D eigenvalue weighted by atomic mass is 10.2. The molecule has 0 atom stereocenters. The molecule has 0 bridgehead atoms. The third-order valence-electron chi connectivity index (χ3n) is 5.56. The minimum absolute atomic E-state index is 0.0371. The quantitative estimate of drug-likeness (QED) is 0.404. The molecule has 32 heavy (non-hydrogen) atoms. The fourth-order valence-corrected chi connectivity index (χ4v) is 5.97. The van der Waals surface area contributed by atoms with Gasteiger partial charge in [0.05, 0.1) is 21.7 Å². The minimum Gasteiger partial charge on any atom is -0.339 e. The molecule has 3 aromatic rings. The first-order valence-electron chi connectivity index (χ1n) is 10.2. The van der Waals surface area contributed by atoms with Crippen LogP contribution in [0.4, 0.5) is 0 Å². The number of rotatable bonds is 6. The lowest BCUT2D eigenvalue weighted by Crippen LogP contribution is -2.50. The lowest BCUT2D eigenvalue weighted by molar-refractivity contribution is -0.129. The van der Waals surface area contributed by atoms with Crippen LogP contribution in [0.25, 0.3) is 11.0 Å². The highest BCUT2D eigenvalue weighted by Crippen LogP contribution is 2.24. The fraction of sp³-hybridized carbons (Fsp3) is 0.318. The Morgan fingerprint density at radius 1 is 1.00 bits per heavy atom. The molecule has 1 aliphatic rings. The lowest BCUT2D eigenvalue weighted by Gasteiger charge is -2.34. The number of carbonyl (C=O) groups is 2. The molecule has 1 aliphatic heterocycles. The summed E-state index contributed by atoms with van der Waals surface area (Å²) in [5, 5.41) is 0.773. The summed E-state index contributed by atoms with van der Waals surface area (Å²) >= 11 is 1.38. The molecule has 4 rings (SSSR count). The molecule has 1 fully saturated rings. The molecule has 2 aromatic carbocycles. The molecule has 1 amide bonds. The Balaban J connectivity index is 1.34. The summed E-state index contributed by atoms with van der Waals surface area (Å²) < 4.78 is 29.2. The summed E-state index contributed by atoms with van der Waals surface area (Å²) in [7, 11) is -1.74. The molecule has 0 saturated carbocycles. The number of aromatic nitrogens is 2. The van der Waals surface area contributed by atoms with Gasteiger partial charge in [0, 0.05) is 38.8 Å². The first kappa shape index (κ1) is 22.5. The first-order chi connectivity index (χ1) is 15.3. The Kier molecular flexibility index (Phi) is 6.36. The van der Waals surface area contributed by atoms with E-state index in [1.54, 1.807) is 4.90 Å². The number of amides is 1. The van der Waals surface area contributed by atoms with Crippen LogP contribution < -0.4 is 0 Å². The molecule has 0 spiro atoms. The zero-order valence-electron chi connectivity index (χ0n) is 17.9. The number of thioether (sulfide) groups is 1. The van der Waals surface area contributed by atoms with Crippen molar-refractivity contribution < 1.29 is 18.0 Å². The second kappa shape index (κ2) is 9.05. The van der Waals surface area contributed by atoms with Crippen LogP contribution in [0.2, 0.25) is 0 Å². The van der Waals surface area contributed by atoms with Crippen LogP contribution >= 0.6 is 11.8 Å². The van der Waals surface area contributed by atoms with E-state index in [0.717, 1.165) is 16.2 Å². The predicted molar refractivity (Wildman–Crippen MR) is 123 cm³/mol. The molecule has 1 aromatic heterocycles. The smallest absolute Gasteiger partial charge is 0.243 e. The molecule has 0 radical (unpaired) electrons. The van der Waals surface area contributed by atoms with Crippen LogP contribution in [-0.4, -0.2) is 70.8 Å². The number of fused-ring (bicyclic) bond motifs is 1. The standard InChI is InChI=1S/C22H24N4O4S2/c1-16(27)17-7-9-18(10-8-17)32(29,30)26-13-11-25(12-14-26)21(28)15-31-22-23-19-5-3-4-6-20(19)24(22)2/h3-10H,11-15H2,1-2H3. The van der Waals surface area contributed by atoms with Gasteiger partial charge in [0.15, 0.2) is 10.9 Å². The van der Waals surface area contributed by atoms with Crippen LogP contribution in [0, 0.1) is 0 Å². The largest absolute Gasteiger partial charge is 0.339 e. The number of sulfonamides is 1. The van der Waals surface area contributed by atoms with Gasteiger partial charge >= 0.3 is 0 Å². The normalized spacial score (nSPS) is 15.2. The molecule has 2 heterocycles. The van der Waals surface area contributed by atoms with Crippen molar-refractivity contribution in [1.29, 1.82) is 0 Å². The monoisotopic (exact) mass is 472 g/mol. The molecule has 168 valence electrons. The summed E-state index contributed by atoms with van der Waals surface area (Å²) in [6.45, 7) is 2.59. The van der Waals surface area contributed by atoms with Gasteiger partial charge in [0.25, 0.3) is 0 Å². The number of benzene rings is 2. The number of Topliss-reactive ketones (excluding diaryl/α,β-unsaturated/α-hetero) is 1. The Labute approximate surface area is 191 Å². The number of para-hydroxylation sites is 2. The predicted octanol–water partition coefficient (Wildman–Crippen LogP) is 2.40. The minimum atomic E-state index is -3.66. The zero-order chi connectivity index (χ0) is 22.9. The number of aryl methyl sites for hydroxylation is 1. The maximum atomic E-state index is 12.9. The number of hydrogen-bond donors (Lipinski definition) is 0. The van der Waals surface area contributed by atoms with Crippen molar-refractivity contribution >= 4 is 44.5 Å². The van der Waals surface area contributed by atoms with Gasteiger partial charge in [-0.2, -0.15) is 4.31 Å². The van der Waals surface area contributed by atoms with E-state index in [4.69, 9.17) is 0 Å². The van der Waals surface area contributed by atoms with Gasteiger partial charge in [0.1, 0.15) is 0 Å². The fourth-order valence-electron chi connectivity index (χ4n) is 3.66. The molecule has 10 heteroatoms. The van der Waals surface area contributed by atoms with Gasteiger partial charge in [-0.1, -0.05) is 36.0 Å². The average Bonchev–Trinajstić information content (AvgIpc) is 3.13. The molecule has 0 unspecified atom stereocenters. The number of carbonyl (C=O) groups excluding carboxylic acids is 2. The van der Waals surface area contributed by atoms with Crippen molar-refractivity contribution in [3.63, 3.8) is 0 Å². The highest BCUT2D eigenvalue weighted by molar-refractivity contribution is 7.99. The van der Waals surface area contributed by atoms with Gasteiger partial charge in [-0.25, -0.2) is 13.4 Å². The molecule has 8 nitrogen and oxygen atoms in total. The van der Waals surface area contributed by atoms with Crippen molar-refractivity contribution in [2.24, 2.45) is 7.05 Å². The van der Waals surface area contributed by atoms with Crippen molar-refractivity contribution in [1.82, 2.24) is 18.8 Å². The third kappa shape index (κ3) is 4.43. The summed E-state index contributed by atoms with van der Waals surface area (Å²) in [4.78, 5) is 30.5. The summed E-state index contributed by atoms with van der Waals surface area (Å²) in [5.41, 5.74) is 2.37. The number of ketones is 1. The van der Waals surface area contributed by atoms with E-state index in [9.17, 15) is 18.0 Å². The van der Waals surface area contributed by atoms with E-state index < -0.39 is 10.0 Å². The first-order valence-corrected chi connectivity index (χ1v) is 12.6. The zero-order valence-corrected chi connectivity index (χ0v) is 19.5. The second-order valence-corrected chi connectivity index (χ2v) is 10.5. The van der Waals surface area contributed by atoms with E-state index in [0.29, 0.717) is 18.7 Å². The van der Waals surface area contributed by atoms with Crippen LogP contribution in [0.1, 0.15) is 17.3 Å². The Morgan fingerprint density at radius 3 is 2.28 bits per heavy atom. The Hall–Kier alpha value is -2.69. The van der Waals surface area contributed by atoms with E-state index in [1.807, 2.05) is 35.9 Å². The number of nitrogens with zero attached hydrogens (tertiary/aromatic N) is 4. The van der Waals surface area contributed by atoms with E-state index in [-0.39, 0.29) is 35.4 Å². The van der Waals surface area contributed by atoms with Gasteiger partial charge < -0.3 is 9.47 Å². The van der Waals surface area contributed by atoms with Gasteiger partial charge in [0.2, 0.25) is 15.9 Å². The van der Waals surface area contributed by atoms with E-state index in [1.165, 1.54) is 47.3 Å². The third-order valence-corrected chi connectivity index (χ3v) is 8.49. The topological polar surface area (TPSA) is 92.6 Å². The van der Waals surface area contributed by atoms with Crippen molar-refractivity contribution in [2.45, 2.75) is 17.0 Å². The van der Waals surface area contributed by atoms with Crippen molar-refractivity contribution in [2.75, 3.05) is 31.9 Å². The molecular weight excluding hydrogens is 448 g/mol. The van der Waals surface area contributed by atoms with E-state index in [2.05, 4.69) is 4.98 Å². The van der Waals surface area contributed by atoms with Crippen molar-refractivity contribution in [3.05, 3.63) is 54.1 Å². The highest BCUT2D eigenvalue weighted by Gasteiger charge is 2.30. The van der Waals surface area contributed by atoms with Crippen LogP contribution in [0.5, 0.6) is 0 Å². The van der Waals surface area contributed by atoms with Crippen LogP contribution in [-0.2, 0) is 21.9 Å². The van der Waals surface area contributed by atoms with Gasteiger partial charge in [-0.3, -0.25) is 9.59 Å². The summed E-state index contributed by atoms with van der Waals surface area (Å²) in [5.74, 6) is 0.0960. The molecule has 0 aliphatic carbocycles. The summed E-state index contributed by atoms with van der Waals surface area (Å²) in [6, 6.07) is 13.8.